The van der Waals surface area contributed by atoms with E-state index in [0.29, 0.717) is 10.4 Å². The number of carbonyl (C=O) groups excluding carboxylic acids is 2. The maximum Gasteiger partial charge on any atom is 0.416 e. The highest BCUT2D eigenvalue weighted by Crippen LogP contribution is 2.31. The first-order chi connectivity index (χ1) is 12.3. The molecule has 2 amide bonds. The standard InChI is InChI=1S/C18H17F3N2O2S/c19-18(20,21)13-5-3-12(4-6-13)11-23(14-7-8-14)16(24)10-22-17(25)15-2-1-9-26-15/h1-6,9,14H,7-8,10-11H2,(H,22,25). The molecule has 0 atom stereocenters. The monoisotopic (exact) mass is 382 g/mol. The first kappa shape index (κ1) is 18.4. The Kier molecular flexibility index (Phi) is 5.31. The van der Waals surface area contributed by atoms with Crippen molar-refractivity contribution in [2.45, 2.75) is 31.6 Å². The summed E-state index contributed by atoms with van der Waals surface area (Å²) in [6.07, 6.45) is -2.65. The number of hydrogen-bond acceptors (Lipinski definition) is 3. The molecule has 1 aromatic heterocycles. The molecule has 0 unspecified atom stereocenters. The normalized spacial score (nSPS) is 14.1. The summed E-state index contributed by atoms with van der Waals surface area (Å²) in [5.41, 5.74) is -0.0865. The molecule has 1 aliphatic carbocycles. The van der Waals surface area contributed by atoms with Crippen LogP contribution in [0.2, 0.25) is 0 Å². The number of carbonyl (C=O) groups is 2. The lowest BCUT2D eigenvalue weighted by Crippen LogP contribution is -2.40. The van der Waals surface area contributed by atoms with Crippen LogP contribution >= 0.6 is 11.3 Å². The average Bonchev–Trinajstić information content (AvgIpc) is 3.29. The van der Waals surface area contributed by atoms with Gasteiger partial charge in [0.1, 0.15) is 0 Å². The van der Waals surface area contributed by atoms with Gasteiger partial charge < -0.3 is 10.2 Å². The largest absolute Gasteiger partial charge is 0.416 e. The van der Waals surface area contributed by atoms with E-state index in [9.17, 15) is 22.8 Å². The number of amides is 2. The van der Waals surface area contributed by atoms with Crippen molar-refractivity contribution in [2.24, 2.45) is 0 Å². The third-order valence-electron chi connectivity index (χ3n) is 4.09. The van der Waals surface area contributed by atoms with Gasteiger partial charge in [-0.25, -0.2) is 0 Å². The van der Waals surface area contributed by atoms with Crippen molar-refractivity contribution in [1.82, 2.24) is 10.2 Å². The number of hydrogen-bond donors (Lipinski definition) is 1. The molecule has 0 bridgehead atoms. The Labute approximate surface area is 152 Å². The molecule has 0 spiro atoms. The number of halogens is 3. The van der Waals surface area contributed by atoms with Crippen LogP contribution in [0, 0.1) is 0 Å². The molecule has 26 heavy (non-hydrogen) atoms. The smallest absolute Gasteiger partial charge is 0.342 e. The Morgan fingerprint density at radius 2 is 1.85 bits per heavy atom. The number of nitrogens with zero attached hydrogens (tertiary/aromatic N) is 1. The second-order valence-corrected chi connectivity index (χ2v) is 7.06. The molecular weight excluding hydrogens is 365 g/mol. The summed E-state index contributed by atoms with van der Waals surface area (Å²) in [6.45, 7) is 0.102. The van der Waals surface area contributed by atoms with E-state index >= 15 is 0 Å². The molecule has 4 nitrogen and oxygen atoms in total. The molecule has 1 aliphatic rings. The minimum Gasteiger partial charge on any atom is -0.342 e. The van der Waals surface area contributed by atoms with E-state index in [0.717, 1.165) is 25.0 Å². The molecular formula is C18H17F3N2O2S. The van der Waals surface area contributed by atoms with Gasteiger partial charge in [0.2, 0.25) is 5.91 Å². The molecule has 0 saturated heterocycles. The van der Waals surface area contributed by atoms with Crippen molar-refractivity contribution >= 4 is 23.2 Å². The van der Waals surface area contributed by atoms with Gasteiger partial charge in [0.15, 0.2) is 0 Å². The zero-order chi connectivity index (χ0) is 18.7. The maximum absolute atomic E-state index is 12.6. The second kappa shape index (κ2) is 7.49. The zero-order valence-electron chi connectivity index (χ0n) is 13.8. The summed E-state index contributed by atoms with van der Waals surface area (Å²) >= 11 is 1.29. The highest BCUT2D eigenvalue weighted by molar-refractivity contribution is 7.12. The van der Waals surface area contributed by atoms with Crippen LogP contribution in [0.5, 0.6) is 0 Å². The lowest BCUT2D eigenvalue weighted by molar-refractivity contribution is -0.137. The van der Waals surface area contributed by atoms with Crippen molar-refractivity contribution in [1.29, 1.82) is 0 Å². The fourth-order valence-electron chi connectivity index (χ4n) is 2.56. The quantitative estimate of drug-likeness (QED) is 0.829. The van der Waals surface area contributed by atoms with Gasteiger partial charge in [-0.3, -0.25) is 9.59 Å². The van der Waals surface area contributed by atoms with Gasteiger partial charge in [-0.1, -0.05) is 18.2 Å². The predicted molar refractivity (Wildman–Crippen MR) is 91.7 cm³/mol. The van der Waals surface area contributed by atoms with Gasteiger partial charge in [-0.05, 0) is 42.0 Å². The molecule has 138 valence electrons. The summed E-state index contributed by atoms with van der Waals surface area (Å²) in [5, 5.41) is 4.37. The fourth-order valence-corrected chi connectivity index (χ4v) is 3.20. The van der Waals surface area contributed by atoms with E-state index in [4.69, 9.17) is 0 Å². The molecule has 1 N–H and O–H groups in total. The summed E-state index contributed by atoms with van der Waals surface area (Å²) in [4.78, 5) is 26.5. The van der Waals surface area contributed by atoms with Gasteiger partial charge >= 0.3 is 6.18 Å². The van der Waals surface area contributed by atoms with E-state index in [2.05, 4.69) is 5.32 Å². The predicted octanol–water partition coefficient (Wildman–Crippen LogP) is 3.69. The summed E-state index contributed by atoms with van der Waals surface area (Å²) in [6, 6.07) is 8.31. The number of benzene rings is 1. The molecule has 0 radical (unpaired) electrons. The minimum absolute atomic E-state index is 0.0865. The summed E-state index contributed by atoms with van der Waals surface area (Å²) in [7, 11) is 0. The van der Waals surface area contributed by atoms with Crippen LogP contribution in [0.4, 0.5) is 13.2 Å². The van der Waals surface area contributed by atoms with Crippen molar-refractivity contribution in [3.05, 3.63) is 57.8 Å². The lowest BCUT2D eigenvalue weighted by Gasteiger charge is -2.23. The maximum atomic E-state index is 12.6. The Morgan fingerprint density at radius 3 is 2.38 bits per heavy atom. The van der Waals surface area contributed by atoms with E-state index in [1.807, 2.05) is 0 Å². The molecule has 1 heterocycles. The number of thiophene rings is 1. The van der Waals surface area contributed by atoms with Gasteiger partial charge in [0.25, 0.3) is 5.91 Å². The van der Waals surface area contributed by atoms with Crippen molar-refractivity contribution in [2.75, 3.05) is 6.54 Å². The Hall–Kier alpha value is -2.35. The van der Waals surface area contributed by atoms with Crippen molar-refractivity contribution in [3.8, 4) is 0 Å². The van der Waals surface area contributed by atoms with E-state index < -0.39 is 11.7 Å². The third-order valence-corrected chi connectivity index (χ3v) is 4.96. The van der Waals surface area contributed by atoms with Crippen molar-refractivity contribution in [3.63, 3.8) is 0 Å². The average molecular weight is 382 g/mol. The molecule has 8 heteroatoms. The number of alkyl halides is 3. The van der Waals surface area contributed by atoms with Crippen LogP contribution in [0.25, 0.3) is 0 Å². The highest BCUT2D eigenvalue weighted by atomic mass is 32.1. The topological polar surface area (TPSA) is 49.4 Å². The Balaban J connectivity index is 1.60. The first-order valence-electron chi connectivity index (χ1n) is 8.12. The SMILES string of the molecule is O=C(NCC(=O)N(Cc1ccc(C(F)(F)F)cc1)C1CC1)c1cccs1. The first-order valence-corrected chi connectivity index (χ1v) is 9.00. The minimum atomic E-state index is -4.38. The van der Waals surface area contributed by atoms with E-state index in [-0.39, 0.29) is 30.9 Å². The third kappa shape index (κ3) is 4.63. The van der Waals surface area contributed by atoms with Crippen LogP contribution in [0.1, 0.15) is 33.6 Å². The zero-order valence-corrected chi connectivity index (χ0v) is 14.6. The Morgan fingerprint density at radius 1 is 1.15 bits per heavy atom. The van der Waals surface area contributed by atoms with Crippen LogP contribution in [0.15, 0.2) is 41.8 Å². The molecule has 3 rings (SSSR count). The van der Waals surface area contributed by atoms with Crippen molar-refractivity contribution < 1.29 is 22.8 Å². The second-order valence-electron chi connectivity index (χ2n) is 6.11. The highest BCUT2D eigenvalue weighted by Gasteiger charge is 2.33. The molecule has 1 saturated carbocycles. The van der Waals surface area contributed by atoms with E-state index in [1.165, 1.54) is 23.5 Å². The van der Waals surface area contributed by atoms with E-state index in [1.54, 1.807) is 22.4 Å². The van der Waals surface area contributed by atoms with Crippen LogP contribution < -0.4 is 5.32 Å². The molecule has 1 fully saturated rings. The molecule has 2 aromatic rings. The molecule has 0 aliphatic heterocycles. The van der Waals surface area contributed by atoms with Gasteiger partial charge in [0.05, 0.1) is 17.0 Å². The lowest BCUT2D eigenvalue weighted by atomic mass is 10.1. The van der Waals surface area contributed by atoms with Gasteiger partial charge in [-0.2, -0.15) is 13.2 Å². The summed E-state index contributed by atoms with van der Waals surface area (Å²) in [5.74, 6) is -0.545. The summed E-state index contributed by atoms with van der Waals surface area (Å²) < 4.78 is 37.9. The molecule has 1 aromatic carbocycles. The number of rotatable bonds is 6. The van der Waals surface area contributed by atoms with Crippen LogP contribution in [-0.2, 0) is 17.5 Å². The van der Waals surface area contributed by atoms with Crippen LogP contribution in [-0.4, -0.2) is 29.3 Å². The van der Waals surface area contributed by atoms with Gasteiger partial charge in [0, 0.05) is 12.6 Å². The number of nitrogens with one attached hydrogen (secondary N) is 1. The fraction of sp³-hybridized carbons (Fsp3) is 0.333. The van der Waals surface area contributed by atoms with Gasteiger partial charge in [-0.15, -0.1) is 11.3 Å². The van der Waals surface area contributed by atoms with Crippen LogP contribution in [0.3, 0.4) is 0 Å². The Bertz CT molecular complexity index is 769.